The van der Waals surface area contributed by atoms with Crippen LogP contribution in [0.15, 0.2) is 10.6 Å². The number of nitrogens with one attached hydrogen (secondary N) is 1. The largest absolute Gasteiger partial charge is 0.361 e. The fourth-order valence-corrected chi connectivity index (χ4v) is 3.39. The van der Waals surface area contributed by atoms with E-state index in [2.05, 4.69) is 34.1 Å². The van der Waals surface area contributed by atoms with E-state index in [4.69, 9.17) is 4.52 Å². The highest BCUT2D eigenvalue weighted by molar-refractivity contribution is 5.74. The van der Waals surface area contributed by atoms with E-state index in [1.807, 2.05) is 11.0 Å². The summed E-state index contributed by atoms with van der Waals surface area (Å²) in [4.78, 5) is 19.4. The molecule has 26 heavy (non-hydrogen) atoms. The third-order valence-electron chi connectivity index (χ3n) is 5.50. The Morgan fingerprint density at radius 2 is 1.73 bits per heavy atom. The van der Waals surface area contributed by atoms with Gasteiger partial charge in [-0.2, -0.15) is 0 Å². The van der Waals surface area contributed by atoms with E-state index in [-0.39, 0.29) is 6.03 Å². The lowest BCUT2D eigenvalue weighted by Gasteiger charge is -2.25. The van der Waals surface area contributed by atoms with Crippen LogP contribution in [0, 0.1) is 0 Å². The molecule has 0 aromatic carbocycles. The van der Waals surface area contributed by atoms with Gasteiger partial charge < -0.3 is 24.5 Å². The molecule has 0 unspecified atom stereocenters. The number of nitrogens with zero attached hydrogens (tertiary/aromatic N) is 4. The van der Waals surface area contributed by atoms with Crippen LogP contribution in [0.2, 0.25) is 0 Å². The maximum absolute atomic E-state index is 12.6. The van der Waals surface area contributed by atoms with Gasteiger partial charge >= 0.3 is 6.03 Å². The Bertz CT molecular complexity index is 556. The number of carbonyl (C=O) groups excluding carboxylic acids is 1. The Kier molecular flexibility index (Phi) is 6.91. The Morgan fingerprint density at radius 3 is 2.31 bits per heavy atom. The molecule has 1 aromatic rings. The van der Waals surface area contributed by atoms with Crippen molar-refractivity contribution >= 4 is 6.03 Å². The molecular weight excluding hydrogens is 330 g/mol. The number of amides is 2. The topological polar surface area (TPSA) is 64.8 Å². The summed E-state index contributed by atoms with van der Waals surface area (Å²) in [6, 6.07) is 2.08. The van der Waals surface area contributed by atoms with Gasteiger partial charge in [-0.05, 0) is 25.9 Å². The van der Waals surface area contributed by atoms with E-state index in [0.29, 0.717) is 12.5 Å². The summed E-state index contributed by atoms with van der Waals surface area (Å²) in [7, 11) is 0. The highest BCUT2D eigenvalue weighted by Crippen LogP contribution is 2.40. The number of aromatic nitrogens is 1. The summed E-state index contributed by atoms with van der Waals surface area (Å²) < 4.78 is 5.37. The number of carbonyl (C=O) groups is 1. The zero-order valence-electron chi connectivity index (χ0n) is 16.2. The Balaban J connectivity index is 1.46. The zero-order chi connectivity index (χ0) is 18.4. The monoisotopic (exact) mass is 363 g/mol. The second-order valence-corrected chi connectivity index (χ2v) is 7.33. The van der Waals surface area contributed by atoms with Gasteiger partial charge in [0.25, 0.3) is 0 Å². The fraction of sp³-hybridized carbons (Fsp3) is 0.789. The van der Waals surface area contributed by atoms with E-state index in [0.717, 1.165) is 70.2 Å². The SMILES string of the molecule is CCN1CCN(CC)CCN(C(=O)NCCc2cc(C3CC3)on2)CC1. The van der Waals surface area contributed by atoms with Gasteiger partial charge in [-0.3, -0.25) is 0 Å². The second-order valence-electron chi connectivity index (χ2n) is 7.33. The van der Waals surface area contributed by atoms with Crippen LogP contribution in [0.4, 0.5) is 4.79 Å². The minimum absolute atomic E-state index is 0.0323. The number of likely N-dealkylation sites (N-methyl/N-ethyl adjacent to an activating group) is 2. The second kappa shape index (κ2) is 9.37. The molecule has 1 saturated heterocycles. The Hall–Kier alpha value is -1.60. The van der Waals surface area contributed by atoms with Gasteiger partial charge in [0, 0.05) is 64.2 Å². The van der Waals surface area contributed by atoms with Crippen molar-refractivity contribution in [3.63, 3.8) is 0 Å². The Morgan fingerprint density at radius 1 is 1.12 bits per heavy atom. The predicted molar refractivity (Wildman–Crippen MR) is 101 cm³/mol. The smallest absolute Gasteiger partial charge is 0.317 e. The number of rotatable bonds is 6. The van der Waals surface area contributed by atoms with Gasteiger partial charge in [-0.1, -0.05) is 19.0 Å². The Labute approximate surface area is 156 Å². The van der Waals surface area contributed by atoms with E-state index >= 15 is 0 Å². The lowest BCUT2D eigenvalue weighted by molar-refractivity contribution is 0.187. The summed E-state index contributed by atoms with van der Waals surface area (Å²) in [5, 5.41) is 7.17. The molecule has 1 aliphatic carbocycles. The zero-order valence-corrected chi connectivity index (χ0v) is 16.2. The average molecular weight is 364 g/mol. The van der Waals surface area contributed by atoms with Crippen molar-refractivity contribution in [2.24, 2.45) is 0 Å². The van der Waals surface area contributed by atoms with Gasteiger partial charge in [0.2, 0.25) is 0 Å². The van der Waals surface area contributed by atoms with E-state index < -0.39 is 0 Å². The maximum Gasteiger partial charge on any atom is 0.317 e. The van der Waals surface area contributed by atoms with E-state index in [1.165, 1.54) is 12.8 Å². The highest BCUT2D eigenvalue weighted by Gasteiger charge is 2.27. The van der Waals surface area contributed by atoms with E-state index in [9.17, 15) is 4.79 Å². The summed E-state index contributed by atoms with van der Waals surface area (Å²) in [5.74, 6) is 1.59. The van der Waals surface area contributed by atoms with Gasteiger partial charge in [0.15, 0.2) is 0 Å². The first-order valence-electron chi connectivity index (χ1n) is 10.1. The number of urea groups is 1. The molecule has 3 rings (SSSR count). The summed E-state index contributed by atoms with van der Waals surface area (Å²) in [6.07, 6.45) is 3.14. The van der Waals surface area contributed by atoms with Crippen molar-refractivity contribution in [2.45, 2.75) is 39.0 Å². The molecule has 1 N–H and O–H groups in total. The third-order valence-corrected chi connectivity index (χ3v) is 5.50. The molecule has 0 spiro atoms. The molecule has 0 radical (unpaired) electrons. The molecule has 2 fully saturated rings. The molecule has 2 amide bonds. The first kappa shape index (κ1) is 19.2. The average Bonchev–Trinajstić information content (AvgIpc) is 3.37. The van der Waals surface area contributed by atoms with Crippen LogP contribution < -0.4 is 5.32 Å². The maximum atomic E-state index is 12.6. The van der Waals surface area contributed by atoms with Crippen molar-refractivity contribution in [1.29, 1.82) is 0 Å². The first-order chi connectivity index (χ1) is 12.7. The van der Waals surface area contributed by atoms with Crippen molar-refractivity contribution in [2.75, 3.05) is 58.9 Å². The van der Waals surface area contributed by atoms with Crippen LogP contribution in [0.5, 0.6) is 0 Å². The molecule has 0 atom stereocenters. The normalized spacial score (nSPS) is 20.5. The molecule has 1 aliphatic heterocycles. The van der Waals surface area contributed by atoms with Crippen molar-refractivity contribution in [3.05, 3.63) is 17.5 Å². The van der Waals surface area contributed by atoms with Gasteiger partial charge in [-0.15, -0.1) is 0 Å². The predicted octanol–water partition coefficient (Wildman–Crippen LogP) is 1.76. The molecule has 146 valence electrons. The first-order valence-corrected chi connectivity index (χ1v) is 10.1. The number of hydrogen-bond acceptors (Lipinski definition) is 5. The standard InChI is InChI=1S/C19H33N5O2/c1-3-22-9-10-23(4-2)12-14-24(13-11-22)19(25)20-8-7-17-15-18(26-21-17)16-5-6-16/h15-16H,3-14H2,1-2H3,(H,20,25). The van der Waals surface area contributed by atoms with Crippen LogP contribution in [0.1, 0.15) is 44.1 Å². The van der Waals surface area contributed by atoms with Gasteiger partial charge in [0.1, 0.15) is 5.76 Å². The minimum Gasteiger partial charge on any atom is -0.361 e. The van der Waals surface area contributed by atoms with Crippen LogP contribution in [-0.2, 0) is 6.42 Å². The van der Waals surface area contributed by atoms with Crippen molar-refractivity contribution < 1.29 is 9.32 Å². The van der Waals surface area contributed by atoms with Crippen LogP contribution in [-0.4, -0.2) is 84.8 Å². The third kappa shape index (κ3) is 5.45. The van der Waals surface area contributed by atoms with Crippen LogP contribution in [0.25, 0.3) is 0 Å². The van der Waals surface area contributed by atoms with Crippen molar-refractivity contribution in [1.82, 2.24) is 25.2 Å². The van der Waals surface area contributed by atoms with Crippen molar-refractivity contribution in [3.8, 4) is 0 Å². The molecule has 1 saturated carbocycles. The number of hydrogen-bond donors (Lipinski definition) is 1. The summed E-state index contributed by atoms with van der Waals surface area (Å²) in [5.41, 5.74) is 0.936. The van der Waals surface area contributed by atoms with Gasteiger partial charge in [0.05, 0.1) is 5.69 Å². The lowest BCUT2D eigenvalue weighted by Crippen LogP contribution is -2.45. The lowest BCUT2D eigenvalue weighted by atomic mass is 10.2. The summed E-state index contributed by atoms with van der Waals surface area (Å²) in [6.45, 7) is 12.6. The minimum atomic E-state index is 0.0323. The summed E-state index contributed by atoms with van der Waals surface area (Å²) >= 11 is 0. The van der Waals surface area contributed by atoms with Crippen LogP contribution in [0.3, 0.4) is 0 Å². The molecule has 0 bridgehead atoms. The fourth-order valence-electron chi connectivity index (χ4n) is 3.39. The molecule has 1 aromatic heterocycles. The molecule has 7 heteroatoms. The molecular formula is C19H33N5O2. The van der Waals surface area contributed by atoms with Crippen LogP contribution >= 0.6 is 0 Å². The molecule has 2 heterocycles. The quantitative estimate of drug-likeness (QED) is 0.834. The van der Waals surface area contributed by atoms with Gasteiger partial charge in [-0.25, -0.2) is 4.79 Å². The highest BCUT2D eigenvalue weighted by atomic mass is 16.5. The molecule has 2 aliphatic rings. The molecule has 7 nitrogen and oxygen atoms in total. The van der Waals surface area contributed by atoms with E-state index in [1.54, 1.807) is 0 Å².